The van der Waals surface area contributed by atoms with Crippen molar-refractivity contribution in [1.29, 1.82) is 0 Å². The van der Waals surface area contributed by atoms with E-state index in [1.165, 1.54) is 17.3 Å². The summed E-state index contributed by atoms with van der Waals surface area (Å²) >= 11 is 1.41. The number of carbonyl (C=O) groups is 1. The maximum Gasteiger partial charge on any atom is 0.266 e. The SMILES string of the molecule is CCN1C(=O)/C(=C\c2cccc(C)c2)SC1=Nc1ccc(OC)cc1. The molecule has 0 saturated carbocycles. The zero-order valence-electron chi connectivity index (χ0n) is 14.5. The van der Waals surface area contributed by atoms with Crippen LogP contribution in [0, 0.1) is 6.92 Å². The van der Waals surface area contributed by atoms with Crippen molar-refractivity contribution in [3.63, 3.8) is 0 Å². The van der Waals surface area contributed by atoms with Gasteiger partial charge in [-0.05, 0) is 61.5 Å². The third-order valence-corrected chi connectivity index (χ3v) is 4.85. The van der Waals surface area contributed by atoms with Gasteiger partial charge in [-0.2, -0.15) is 0 Å². The van der Waals surface area contributed by atoms with Gasteiger partial charge in [0.25, 0.3) is 5.91 Å². The number of thioether (sulfide) groups is 1. The minimum absolute atomic E-state index is 0.00117. The van der Waals surface area contributed by atoms with Gasteiger partial charge < -0.3 is 4.74 Å². The monoisotopic (exact) mass is 352 g/mol. The van der Waals surface area contributed by atoms with Crippen LogP contribution in [0.15, 0.2) is 58.4 Å². The third kappa shape index (κ3) is 3.94. The fraction of sp³-hybridized carbons (Fsp3) is 0.200. The molecule has 0 radical (unpaired) electrons. The highest BCUT2D eigenvalue weighted by molar-refractivity contribution is 8.18. The van der Waals surface area contributed by atoms with Crippen molar-refractivity contribution in [2.45, 2.75) is 13.8 Å². The van der Waals surface area contributed by atoms with Gasteiger partial charge in [-0.1, -0.05) is 29.8 Å². The maximum atomic E-state index is 12.7. The number of aliphatic imine (C=N–C) groups is 1. The van der Waals surface area contributed by atoms with Crippen molar-refractivity contribution < 1.29 is 9.53 Å². The molecule has 0 aromatic heterocycles. The lowest BCUT2D eigenvalue weighted by Gasteiger charge is -2.12. The lowest BCUT2D eigenvalue weighted by molar-refractivity contribution is -0.122. The largest absolute Gasteiger partial charge is 0.497 e. The average Bonchev–Trinajstić information content (AvgIpc) is 2.90. The normalized spacial score (nSPS) is 17.6. The molecule has 1 aliphatic rings. The molecule has 0 atom stereocenters. The van der Waals surface area contributed by atoms with Gasteiger partial charge in [0, 0.05) is 6.54 Å². The Kier molecular flexibility index (Phi) is 5.24. The van der Waals surface area contributed by atoms with Gasteiger partial charge in [0.15, 0.2) is 5.17 Å². The molecular weight excluding hydrogens is 332 g/mol. The number of benzene rings is 2. The number of carbonyl (C=O) groups excluding carboxylic acids is 1. The number of methoxy groups -OCH3 is 1. The van der Waals surface area contributed by atoms with Crippen molar-refractivity contribution in [3.8, 4) is 5.75 Å². The second kappa shape index (κ2) is 7.57. The number of ether oxygens (including phenoxy) is 1. The summed E-state index contributed by atoms with van der Waals surface area (Å²) in [6.07, 6.45) is 1.93. The van der Waals surface area contributed by atoms with Crippen LogP contribution in [0.2, 0.25) is 0 Å². The van der Waals surface area contributed by atoms with E-state index < -0.39 is 0 Å². The first-order valence-electron chi connectivity index (χ1n) is 8.11. The molecule has 128 valence electrons. The first-order chi connectivity index (χ1) is 12.1. The van der Waals surface area contributed by atoms with E-state index in [9.17, 15) is 4.79 Å². The molecule has 0 aliphatic carbocycles. The Hall–Kier alpha value is -2.53. The quantitative estimate of drug-likeness (QED) is 0.754. The van der Waals surface area contributed by atoms with Crippen molar-refractivity contribution in [3.05, 3.63) is 64.6 Å². The van der Waals surface area contributed by atoms with Crippen LogP contribution in [-0.4, -0.2) is 29.6 Å². The summed E-state index contributed by atoms with van der Waals surface area (Å²) < 4.78 is 5.16. The van der Waals surface area contributed by atoms with Crippen molar-refractivity contribution in [2.75, 3.05) is 13.7 Å². The second-order valence-corrected chi connectivity index (χ2v) is 6.68. The molecule has 3 rings (SSSR count). The lowest BCUT2D eigenvalue weighted by atomic mass is 10.1. The number of aryl methyl sites for hydroxylation is 1. The summed E-state index contributed by atoms with van der Waals surface area (Å²) in [5.74, 6) is 0.785. The van der Waals surface area contributed by atoms with Crippen LogP contribution in [0.5, 0.6) is 5.75 Å². The molecule has 4 nitrogen and oxygen atoms in total. The molecule has 0 spiro atoms. The highest BCUT2D eigenvalue weighted by Gasteiger charge is 2.32. The van der Waals surface area contributed by atoms with Crippen LogP contribution in [0.1, 0.15) is 18.1 Å². The van der Waals surface area contributed by atoms with E-state index in [-0.39, 0.29) is 5.91 Å². The summed E-state index contributed by atoms with van der Waals surface area (Å²) in [5, 5.41) is 0.705. The lowest BCUT2D eigenvalue weighted by Crippen LogP contribution is -2.28. The van der Waals surface area contributed by atoms with Crippen LogP contribution in [0.4, 0.5) is 5.69 Å². The average molecular weight is 352 g/mol. The highest BCUT2D eigenvalue weighted by Crippen LogP contribution is 2.34. The van der Waals surface area contributed by atoms with Gasteiger partial charge in [-0.25, -0.2) is 4.99 Å². The van der Waals surface area contributed by atoms with E-state index in [0.29, 0.717) is 16.6 Å². The second-order valence-electron chi connectivity index (χ2n) is 5.67. The van der Waals surface area contributed by atoms with E-state index in [4.69, 9.17) is 4.74 Å². The van der Waals surface area contributed by atoms with Crippen molar-refractivity contribution >= 4 is 34.6 Å². The summed E-state index contributed by atoms with van der Waals surface area (Å²) in [6.45, 7) is 4.59. The van der Waals surface area contributed by atoms with Gasteiger partial charge in [0.1, 0.15) is 5.75 Å². The van der Waals surface area contributed by atoms with Crippen molar-refractivity contribution in [1.82, 2.24) is 4.90 Å². The van der Waals surface area contributed by atoms with E-state index in [1.807, 2.05) is 62.4 Å². The Morgan fingerprint density at radius 3 is 2.60 bits per heavy atom. The van der Waals surface area contributed by atoms with Gasteiger partial charge in [-0.3, -0.25) is 9.69 Å². The first kappa shape index (κ1) is 17.3. The molecule has 2 aromatic carbocycles. The number of amidine groups is 1. The number of rotatable bonds is 4. The third-order valence-electron chi connectivity index (χ3n) is 3.84. The molecule has 1 saturated heterocycles. The highest BCUT2D eigenvalue weighted by atomic mass is 32.2. The fourth-order valence-corrected chi connectivity index (χ4v) is 3.61. The molecule has 0 bridgehead atoms. The van der Waals surface area contributed by atoms with Gasteiger partial charge in [0.2, 0.25) is 0 Å². The summed E-state index contributed by atoms with van der Waals surface area (Å²) in [7, 11) is 1.63. The predicted octanol–water partition coefficient (Wildman–Crippen LogP) is 4.63. The van der Waals surface area contributed by atoms with E-state index in [2.05, 4.69) is 11.1 Å². The standard InChI is InChI=1S/C20H20N2O2S/c1-4-22-19(23)18(13-15-7-5-6-14(2)12-15)25-20(22)21-16-8-10-17(24-3)11-9-16/h5-13H,4H2,1-3H3/b18-13+,21-20?. The summed E-state index contributed by atoms with van der Waals surface area (Å²) in [6, 6.07) is 15.6. The minimum Gasteiger partial charge on any atom is -0.497 e. The zero-order valence-corrected chi connectivity index (χ0v) is 15.3. The molecule has 0 unspecified atom stereocenters. The van der Waals surface area contributed by atoms with Crippen LogP contribution in [0.3, 0.4) is 0 Å². The Bertz CT molecular complexity index is 841. The topological polar surface area (TPSA) is 41.9 Å². The number of amides is 1. The molecule has 1 aliphatic heterocycles. The number of hydrogen-bond acceptors (Lipinski definition) is 4. The van der Waals surface area contributed by atoms with E-state index in [1.54, 1.807) is 12.0 Å². The van der Waals surface area contributed by atoms with Crippen molar-refractivity contribution in [2.24, 2.45) is 4.99 Å². The fourth-order valence-electron chi connectivity index (χ4n) is 2.55. The first-order valence-corrected chi connectivity index (χ1v) is 8.93. The van der Waals surface area contributed by atoms with E-state index in [0.717, 1.165) is 17.0 Å². The van der Waals surface area contributed by atoms with Gasteiger partial charge in [-0.15, -0.1) is 0 Å². The number of hydrogen-bond donors (Lipinski definition) is 0. The predicted molar refractivity (Wildman–Crippen MR) is 104 cm³/mol. The number of nitrogens with zero attached hydrogens (tertiary/aromatic N) is 2. The van der Waals surface area contributed by atoms with Gasteiger partial charge >= 0.3 is 0 Å². The molecule has 1 amide bonds. The van der Waals surface area contributed by atoms with Crippen LogP contribution in [0.25, 0.3) is 6.08 Å². The Morgan fingerprint density at radius 2 is 1.96 bits per heavy atom. The van der Waals surface area contributed by atoms with E-state index >= 15 is 0 Å². The molecule has 1 fully saturated rings. The Labute approximate surface area is 152 Å². The molecular formula is C20H20N2O2S. The number of likely N-dealkylation sites (N-methyl/N-ethyl adjacent to an activating group) is 1. The smallest absolute Gasteiger partial charge is 0.266 e. The molecule has 2 aromatic rings. The minimum atomic E-state index is 0.00117. The van der Waals surface area contributed by atoms with Crippen LogP contribution >= 0.6 is 11.8 Å². The molecule has 0 N–H and O–H groups in total. The maximum absolute atomic E-state index is 12.7. The summed E-state index contributed by atoms with van der Waals surface area (Å²) in [4.78, 5) is 19.7. The van der Waals surface area contributed by atoms with Crippen LogP contribution in [-0.2, 0) is 4.79 Å². The molecule has 1 heterocycles. The molecule has 25 heavy (non-hydrogen) atoms. The zero-order chi connectivity index (χ0) is 17.8. The summed E-state index contributed by atoms with van der Waals surface area (Å²) in [5.41, 5.74) is 2.99. The Morgan fingerprint density at radius 1 is 1.20 bits per heavy atom. The Balaban J connectivity index is 1.90. The van der Waals surface area contributed by atoms with Gasteiger partial charge in [0.05, 0.1) is 17.7 Å². The molecule has 5 heteroatoms. The van der Waals surface area contributed by atoms with Crippen LogP contribution < -0.4 is 4.74 Å².